The van der Waals surface area contributed by atoms with E-state index >= 15 is 0 Å². The van der Waals surface area contributed by atoms with Crippen molar-refractivity contribution in [1.82, 2.24) is 0 Å². The van der Waals surface area contributed by atoms with Crippen molar-refractivity contribution in [2.45, 2.75) is 0 Å². The number of hydrogen-bond acceptors (Lipinski definition) is 16. The second kappa shape index (κ2) is 36.8. The zero-order valence-electron chi connectivity index (χ0n) is 22.5. The van der Waals surface area contributed by atoms with Gasteiger partial charge in [0.05, 0.1) is 47.8 Å². The molecular formula is C20H28N4O20Zr. The Hall–Kier alpha value is -5.24. The molecule has 0 spiro atoms. The third-order valence-corrected chi connectivity index (χ3v) is 2.90. The molecule has 2 aromatic rings. The maximum absolute atomic E-state index is 8.93. The third-order valence-electron chi connectivity index (χ3n) is 2.90. The molecule has 0 bridgehead atoms. The maximum Gasteiger partial charge on any atom is 4.00 e. The largest absolute Gasteiger partial charge is 4.00 e. The van der Waals surface area contributed by atoms with Gasteiger partial charge in [-0.2, -0.15) is 0 Å². The minimum Gasteiger partial charge on any atom is -0.543 e. The van der Waals surface area contributed by atoms with Crippen molar-refractivity contribution in [1.29, 1.82) is 0 Å². The van der Waals surface area contributed by atoms with E-state index in [0.717, 1.165) is 22.7 Å². The van der Waals surface area contributed by atoms with Gasteiger partial charge in [-0.1, -0.05) is 24.3 Å². The Labute approximate surface area is 269 Å². The maximum atomic E-state index is 8.93. The first-order valence-electron chi connectivity index (χ1n) is 9.33. The fourth-order valence-electron chi connectivity index (χ4n) is 1.11. The number of aliphatic carboxylic acids is 8. The Kier molecular flexibility index (Phi) is 51.6. The second-order valence-corrected chi connectivity index (χ2v) is 5.84. The van der Waals surface area contributed by atoms with Crippen LogP contribution in [0.4, 0.5) is 22.7 Å². The summed E-state index contributed by atoms with van der Waals surface area (Å²) in [6, 6.07) is 15.6. The van der Waals surface area contributed by atoms with E-state index in [2.05, 4.69) is 22.9 Å². The van der Waals surface area contributed by atoms with Crippen LogP contribution < -0.4 is 63.8 Å². The number of benzene rings is 2. The molecule has 0 aromatic heterocycles. The number of hydrogen-bond donors (Lipinski definition) is 4. The zero-order chi connectivity index (χ0) is 32.6. The summed E-state index contributed by atoms with van der Waals surface area (Å²) in [6.45, 7) is 0. The van der Waals surface area contributed by atoms with E-state index in [9.17, 15) is 0 Å². The summed E-state index contributed by atoms with van der Waals surface area (Å²) in [5.74, 6) is -17.5. The van der Waals surface area contributed by atoms with Crippen molar-refractivity contribution in [3.05, 3.63) is 48.5 Å². The quantitative estimate of drug-likeness (QED) is 0.182. The second-order valence-electron chi connectivity index (χ2n) is 5.84. The summed E-state index contributed by atoms with van der Waals surface area (Å²) in [7, 11) is 0. The van der Waals surface area contributed by atoms with Crippen molar-refractivity contribution in [3.63, 3.8) is 0 Å². The molecule has 0 amide bonds. The van der Waals surface area contributed by atoms with Crippen LogP contribution in [0.25, 0.3) is 0 Å². The molecule has 2 rings (SSSR count). The predicted octanol–water partition coefficient (Wildman–Crippen LogP) is -18.5. The molecule has 0 unspecified atom stereocenters. The molecule has 0 atom stereocenters. The van der Waals surface area contributed by atoms with Crippen LogP contribution >= 0.6 is 0 Å². The molecule has 0 saturated heterocycles. The number of carbonyl (C=O) groups excluding carboxylic acids is 8. The summed E-state index contributed by atoms with van der Waals surface area (Å²) in [4.78, 5) is 71.4. The third kappa shape index (κ3) is 48.8. The Morgan fingerprint density at radius 1 is 0.333 bits per heavy atom. The van der Waals surface area contributed by atoms with Gasteiger partial charge >= 0.3 is 26.2 Å². The molecular weight excluding hydrogens is 707 g/mol. The van der Waals surface area contributed by atoms with Crippen LogP contribution in [0.3, 0.4) is 0 Å². The first-order chi connectivity index (χ1) is 18.2. The average Bonchev–Trinajstić information content (AvgIpc) is 2.84. The standard InChI is InChI=1S/2C6H8N2.4C2H2O4.4H2O.Zr/c2*7-5-3-1-2-4-6(5)8;4*3-1(4)2(5)6;;;;;/h2*1-4H,7-8H2;4*(H,3,4)(H,5,6);4*1H2;/q;;;;;;;;;;+4/p-4. The van der Waals surface area contributed by atoms with E-state index < -0.39 is 47.8 Å². The first-order valence-corrected chi connectivity index (χ1v) is 9.33. The van der Waals surface area contributed by atoms with Crippen molar-refractivity contribution >= 4 is 70.5 Å². The van der Waals surface area contributed by atoms with E-state index in [0.29, 0.717) is 0 Å². The number of rotatable bonds is 0. The molecule has 0 aliphatic heterocycles. The van der Waals surface area contributed by atoms with Crippen LogP contribution in [-0.2, 0) is 64.6 Å². The molecule has 45 heavy (non-hydrogen) atoms. The minimum atomic E-state index is -2.19. The summed E-state index contributed by atoms with van der Waals surface area (Å²) >= 11 is 0. The minimum absolute atomic E-state index is 0. The average molecular weight is 736 g/mol. The van der Waals surface area contributed by atoms with Crippen molar-refractivity contribution in [3.8, 4) is 0 Å². The van der Waals surface area contributed by atoms with Crippen LogP contribution in [0, 0.1) is 0 Å². The summed E-state index contributed by atoms with van der Waals surface area (Å²) in [5, 5.41) is 71.4. The van der Waals surface area contributed by atoms with Crippen LogP contribution in [0.1, 0.15) is 0 Å². The van der Waals surface area contributed by atoms with E-state index in [-0.39, 0.29) is 48.1 Å². The van der Waals surface area contributed by atoms with Crippen LogP contribution in [0.15, 0.2) is 48.5 Å². The van der Waals surface area contributed by atoms with Crippen LogP contribution in [0.5, 0.6) is 0 Å². The van der Waals surface area contributed by atoms with Crippen LogP contribution in [-0.4, -0.2) is 69.7 Å². The van der Waals surface area contributed by atoms with Crippen molar-refractivity contribution in [2.24, 2.45) is 0 Å². The molecule has 2 aromatic carbocycles. The van der Waals surface area contributed by atoms with E-state index in [1.807, 2.05) is 48.5 Å². The first kappa shape index (κ1) is 63.1. The number of carboxylic acid groups (broad SMARTS) is 8. The van der Waals surface area contributed by atoms with Crippen molar-refractivity contribution < 1.29 is 150 Å². The van der Waals surface area contributed by atoms with Gasteiger partial charge in [0.15, 0.2) is 22.7 Å². The normalized spacial score (nSPS) is 7.20. The smallest absolute Gasteiger partial charge is 0.543 e. The fraction of sp³-hybridized carbons (Fsp3) is 0. The molecule has 0 fully saturated rings. The summed E-state index contributed by atoms with van der Waals surface area (Å²) < 4.78 is 0. The van der Waals surface area contributed by atoms with E-state index in [1.54, 1.807) is 0 Å². The van der Waals surface area contributed by atoms with Crippen molar-refractivity contribution in [2.75, 3.05) is 0 Å². The number of carbonyl (C=O) groups is 8. The molecule has 252 valence electrons. The predicted molar refractivity (Wildman–Crippen MR) is 118 cm³/mol. The molecule has 24 nitrogen and oxygen atoms in total. The number of carboxylic acids is 8. The monoisotopic (exact) mass is 734 g/mol. The van der Waals surface area contributed by atoms with E-state index in [4.69, 9.17) is 79.2 Å². The van der Waals surface area contributed by atoms with Gasteiger partial charge in [0.2, 0.25) is 0 Å². The summed E-state index contributed by atoms with van der Waals surface area (Å²) in [6.07, 6.45) is 0. The molecule has 0 saturated carbocycles. The van der Waals surface area contributed by atoms with Gasteiger partial charge in [-0.15, -0.1) is 0 Å². The van der Waals surface area contributed by atoms with Gasteiger partial charge in [0.25, 0.3) is 0 Å². The Balaban J connectivity index is -0.0000000486. The molecule has 0 heterocycles. The van der Waals surface area contributed by atoms with E-state index in [1.165, 1.54) is 0 Å². The van der Waals surface area contributed by atoms with Gasteiger partial charge in [-0.3, -0.25) is 0 Å². The van der Waals surface area contributed by atoms with Gasteiger partial charge in [-0.25, -0.2) is 0 Å². The molecule has 0 radical (unpaired) electrons. The Morgan fingerprint density at radius 2 is 0.422 bits per heavy atom. The Morgan fingerprint density at radius 3 is 0.467 bits per heavy atom. The van der Waals surface area contributed by atoms with Gasteiger partial charge < -0.3 is 124 Å². The SMILES string of the molecule is O.O.O.O.O=C([O-])C(=O)[O-].O=C([O-])C(=O)[O-].O=C([O-])C(=O)[O-].O=C([O-])C(=O)[O-].[NH3+]c1ccccc1[NH3+].[NH3+]c1ccccc1[NH3+].[Zr+4]. The fourth-order valence-corrected chi connectivity index (χ4v) is 1.11. The molecule has 20 N–H and O–H groups in total. The summed E-state index contributed by atoms with van der Waals surface area (Å²) in [5.41, 5.74) is 19.1. The van der Waals surface area contributed by atoms with Gasteiger partial charge in [0.1, 0.15) is 0 Å². The topological polar surface area (TPSA) is 558 Å². The molecule has 0 aliphatic rings. The van der Waals surface area contributed by atoms with Gasteiger partial charge in [0, 0.05) is 24.3 Å². The molecule has 0 aliphatic carbocycles. The van der Waals surface area contributed by atoms with Gasteiger partial charge in [-0.05, 0) is 0 Å². The molecule has 25 heteroatoms. The zero-order valence-corrected chi connectivity index (χ0v) is 24.9. The van der Waals surface area contributed by atoms with Crippen LogP contribution in [0.2, 0.25) is 0 Å². The number of quaternary nitrogens is 4. The Bertz CT molecular complexity index is 965.